The fraction of sp³-hybridized carbons (Fsp3) is 0.529. The highest BCUT2D eigenvalue weighted by Gasteiger charge is 2.38. The average molecular weight is 351 g/mol. The van der Waals surface area contributed by atoms with Crippen molar-refractivity contribution >= 4 is 23.7 Å². The van der Waals surface area contributed by atoms with Gasteiger partial charge in [0.05, 0.1) is 0 Å². The number of thiazole rings is 1. The molecular weight excluding hydrogens is 328 g/mol. The molecule has 2 aromatic heterocycles. The van der Waals surface area contributed by atoms with Gasteiger partial charge in [0.2, 0.25) is 0 Å². The van der Waals surface area contributed by atoms with Crippen molar-refractivity contribution in [2.75, 3.05) is 26.2 Å². The van der Waals surface area contributed by atoms with Crippen LogP contribution in [0.15, 0.2) is 30.7 Å². The molecule has 6 heteroatoms. The van der Waals surface area contributed by atoms with E-state index in [0.29, 0.717) is 5.41 Å². The van der Waals surface area contributed by atoms with E-state index in [1.165, 1.54) is 55.9 Å². The lowest BCUT2D eigenvalue weighted by atomic mass is 9.78. The van der Waals surface area contributed by atoms with Crippen LogP contribution in [-0.4, -0.2) is 41.0 Å². The van der Waals surface area contributed by atoms with Crippen molar-refractivity contribution in [1.29, 1.82) is 0 Å². The van der Waals surface area contributed by atoms with Gasteiger partial charge in [-0.1, -0.05) is 0 Å². The molecule has 2 aliphatic heterocycles. The smallest absolute Gasteiger partial charge is 0.123 e. The van der Waals surface area contributed by atoms with Crippen molar-refractivity contribution in [2.45, 2.75) is 25.8 Å². The highest BCUT2D eigenvalue weighted by Crippen LogP contribution is 2.39. The third kappa shape index (κ3) is 3.74. The van der Waals surface area contributed by atoms with Gasteiger partial charge in [-0.25, -0.2) is 4.98 Å². The third-order valence-corrected chi connectivity index (χ3v) is 6.07. The van der Waals surface area contributed by atoms with Gasteiger partial charge in [0.25, 0.3) is 0 Å². The molecule has 0 atom stereocenters. The average Bonchev–Trinajstić information content (AvgIpc) is 3.17. The van der Waals surface area contributed by atoms with E-state index in [1.807, 2.05) is 42.1 Å². The molecule has 124 valence electrons. The summed E-state index contributed by atoms with van der Waals surface area (Å²) >= 11 is 1.82. The maximum absolute atomic E-state index is 4.59. The van der Waals surface area contributed by atoms with Crippen molar-refractivity contribution < 1.29 is 0 Å². The van der Waals surface area contributed by atoms with E-state index in [-0.39, 0.29) is 12.4 Å². The summed E-state index contributed by atoms with van der Waals surface area (Å²) in [5, 5.41) is 4.60. The maximum atomic E-state index is 4.59. The molecule has 2 fully saturated rings. The Kier molecular flexibility index (Phi) is 5.31. The van der Waals surface area contributed by atoms with Crippen LogP contribution >= 0.6 is 23.7 Å². The number of hydrogen-bond acceptors (Lipinski definition) is 5. The molecule has 0 unspecified atom stereocenters. The van der Waals surface area contributed by atoms with Gasteiger partial charge in [-0.3, -0.25) is 9.88 Å². The van der Waals surface area contributed by atoms with E-state index in [0.717, 1.165) is 11.6 Å². The largest absolute Gasteiger partial charge is 0.317 e. The summed E-state index contributed by atoms with van der Waals surface area (Å²) in [5.41, 5.74) is 1.76. The molecule has 4 heterocycles. The van der Waals surface area contributed by atoms with Crippen molar-refractivity contribution in [2.24, 2.45) is 5.41 Å². The molecule has 1 N–H and O–H groups in total. The van der Waals surface area contributed by atoms with Crippen molar-refractivity contribution in [1.82, 2.24) is 20.2 Å². The van der Waals surface area contributed by atoms with E-state index in [4.69, 9.17) is 0 Å². The Hall–Kier alpha value is -1.01. The molecule has 0 bridgehead atoms. The first-order valence-electron chi connectivity index (χ1n) is 8.11. The Morgan fingerprint density at radius 2 is 1.96 bits per heavy atom. The predicted octanol–water partition coefficient (Wildman–Crippen LogP) is 3.20. The van der Waals surface area contributed by atoms with Crippen molar-refractivity contribution in [3.8, 4) is 10.6 Å². The lowest BCUT2D eigenvalue weighted by Gasteiger charge is -2.33. The van der Waals surface area contributed by atoms with Gasteiger partial charge < -0.3 is 5.32 Å². The van der Waals surface area contributed by atoms with Gasteiger partial charge in [-0.2, -0.15) is 0 Å². The van der Waals surface area contributed by atoms with Gasteiger partial charge in [0.15, 0.2) is 0 Å². The van der Waals surface area contributed by atoms with Gasteiger partial charge in [-0.15, -0.1) is 23.7 Å². The lowest BCUT2D eigenvalue weighted by Crippen LogP contribution is -2.38. The highest BCUT2D eigenvalue weighted by molar-refractivity contribution is 7.15. The quantitative estimate of drug-likeness (QED) is 0.922. The van der Waals surface area contributed by atoms with E-state index < -0.39 is 0 Å². The minimum Gasteiger partial charge on any atom is -0.317 e. The Balaban J connectivity index is 0.00000156. The summed E-state index contributed by atoms with van der Waals surface area (Å²) in [5.74, 6) is 0. The third-order valence-electron chi connectivity index (χ3n) is 5.04. The van der Waals surface area contributed by atoms with Crippen LogP contribution in [-0.2, 0) is 6.54 Å². The first kappa shape index (κ1) is 16.8. The van der Waals surface area contributed by atoms with E-state index in [9.17, 15) is 0 Å². The fourth-order valence-electron chi connectivity index (χ4n) is 3.76. The van der Waals surface area contributed by atoms with E-state index in [2.05, 4.69) is 20.2 Å². The maximum Gasteiger partial charge on any atom is 0.123 e. The number of hydrogen-bond donors (Lipinski definition) is 1. The number of pyridine rings is 1. The number of likely N-dealkylation sites (tertiary alicyclic amines) is 1. The molecule has 0 saturated carbocycles. The normalized spacial score (nSPS) is 20.5. The number of nitrogens with zero attached hydrogens (tertiary/aromatic N) is 3. The fourth-order valence-corrected chi connectivity index (χ4v) is 4.72. The monoisotopic (exact) mass is 350 g/mol. The van der Waals surface area contributed by atoms with Crippen LogP contribution < -0.4 is 5.32 Å². The minimum atomic E-state index is 0. The summed E-state index contributed by atoms with van der Waals surface area (Å²) in [6.07, 6.45) is 9.76. The van der Waals surface area contributed by atoms with Gasteiger partial charge in [0.1, 0.15) is 5.01 Å². The van der Waals surface area contributed by atoms with Crippen LogP contribution in [0, 0.1) is 5.41 Å². The Morgan fingerprint density at radius 1 is 1.17 bits per heavy atom. The van der Waals surface area contributed by atoms with Crippen LogP contribution in [0.5, 0.6) is 0 Å². The molecule has 0 radical (unpaired) electrons. The Labute approximate surface area is 147 Å². The standard InChI is InChI=1S/C17H22N4S.ClH/c1-6-18-7-2-14(1)16-20-11-15(22-16)12-21-10-5-17(13-21)3-8-19-9-4-17;/h1-2,6-7,11,19H,3-5,8-10,12-13H2;1H. The van der Waals surface area contributed by atoms with Crippen molar-refractivity contribution in [3.05, 3.63) is 35.6 Å². The van der Waals surface area contributed by atoms with Crippen LogP contribution in [0.3, 0.4) is 0 Å². The molecule has 2 saturated heterocycles. The molecule has 0 amide bonds. The molecular formula is C17H23ClN4S. The van der Waals surface area contributed by atoms with Crippen LogP contribution in [0.1, 0.15) is 24.1 Å². The number of halogens is 1. The van der Waals surface area contributed by atoms with Crippen LogP contribution in [0.4, 0.5) is 0 Å². The zero-order chi connectivity index (χ0) is 14.8. The zero-order valence-corrected chi connectivity index (χ0v) is 14.8. The van der Waals surface area contributed by atoms with E-state index >= 15 is 0 Å². The molecule has 2 aromatic rings. The summed E-state index contributed by atoms with van der Waals surface area (Å²) < 4.78 is 0. The first-order chi connectivity index (χ1) is 10.8. The second-order valence-electron chi connectivity index (χ2n) is 6.58. The minimum absolute atomic E-state index is 0. The summed E-state index contributed by atoms with van der Waals surface area (Å²) in [7, 11) is 0. The summed E-state index contributed by atoms with van der Waals surface area (Å²) in [6.45, 7) is 5.94. The molecule has 23 heavy (non-hydrogen) atoms. The highest BCUT2D eigenvalue weighted by atomic mass is 35.5. The van der Waals surface area contributed by atoms with Crippen molar-refractivity contribution in [3.63, 3.8) is 0 Å². The molecule has 0 aromatic carbocycles. The topological polar surface area (TPSA) is 41.1 Å². The molecule has 1 spiro atoms. The van der Waals surface area contributed by atoms with Crippen LogP contribution in [0.25, 0.3) is 10.6 Å². The summed E-state index contributed by atoms with van der Waals surface area (Å²) in [4.78, 5) is 12.7. The Bertz CT molecular complexity index is 625. The lowest BCUT2D eigenvalue weighted by molar-refractivity contribution is 0.194. The number of aromatic nitrogens is 2. The first-order valence-corrected chi connectivity index (χ1v) is 8.93. The predicted molar refractivity (Wildman–Crippen MR) is 97.0 cm³/mol. The Morgan fingerprint density at radius 3 is 2.74 bits per heavy atom. The van der Waals surface area contributed by atoms with Gasteiger partial charge in [-0.05, 0) is 56.4 Å². The molecule has 2 aliphatic rings. The van der Waals surface area contributed by atoms with Crippen LogP contribution in [0.2, 0.25) is 0 Å². The van der Waals surface area contributed by atoms with Gasteiger partial charge in [0, 0.05) is 42.1 Å². The molecule has 4 nitrogen and oxygen atoms in total. The zero-order valence-electron chi connectivity index (χ0n) is 13.2. The second-order valence-corrected chi connectivity index (χ2v) is 7.69. The SMILES string of the molecule is Cl.c1cc(-c2ncc(CN3CCC4(CCNCC4)C3)s2)ccn1. The second kappa shape index (κ2) is 7.26. The molecule has 4 rings (SSSR count). The molecule has 0 aliphatic carbocycles. The van der Waals surface area contributed by atoms with Gasteiger partial charge >= 0.3 is 0 Å². The number of rotatable bonds is 3. The summed E-state index contributed by atoms with van der Waals surface area (Å²) in [6, 6.07) is 4.06. The number of nitrogens with one attached hydrogen (secondary N) is 1. The number of piperidine rings is 1. The van der Waals surface area contributed by atoms with E-state index in [1.54, 1.807) is 0 Å².